The minimum Gasteiger partial charge on any atom is -0.310 e. The minimum absolute atomic E-state index is 0.236. The average Bonchev–Trinajstić information content (AvgIpc) is 2.43. The minimum atomic E-state index is -0.236. The Labute approximate surface area is 127 Å². The molecule has 0 heterocycles. The number of hydrogen-bond donors (Lipinski definition) is 1. The number of rotatable bonds is 9. The van der Waals surface area contributed by atoms with Gasteiger partial charge < -0.3 is 10.2 Å². The van der Waals surface area contributed by atoms with E-state index in [4.69, 9.17) is 11.6 Å². The Hall–Kier alpha value is -0.640. The average molecular weight is 301 g/mol. The van der Waals surface area contributed by atoms with Crippen molar-refractivity contribution >= 4 is 11.6 Å². The number of benzene rings is 1. The molecule has 1 rings (SSSR count). The molecule has 0 amide bonds. The third-order valence-electron chi connectivity index (χ3n) is 3.69. The summed E-state index contributed by atoms with van der Waals surface area (Å²) >= 11 is 6.01. The van der Waals surface area contributed by atoms with Crippen LogP contribution in [0.1, 0.15) is 39.2 Å². The first-order valence-electron chi connectivity index (χ1n) is 7.47. The van der Waals surface area contributed by atoms with Crippen LogP contribution in [0.25, 0.3) is 0 Å². The molecular weight excluding hydrogens is 275 g/mol. The van der Waals surface area contributed by atoms with Crippen molar-refractivity contribution in [1.82, 2.24) is 10.2 Å². The van der Waals surface area contributed by atoms with Crippen LogP contribution in [0.15, 0.2) is 18.2 Å². The van der Waals surface area contributed by atoms with E-state index in [1.54, 1.807) is 12.1 Å². The maximum Gasteiger partial charge on any atom is 0.129 e. The lowest BCUT2D eigenvalue weighted by atomic mass is 10.1. The van der Waals surface area contributed by atoms with Crippen LogP contribution in [0.4, 0.5) is 4.39 Å². The number of halogens is 2. The van der Waals surface area contributed by atoms with E-state index in [1.807, 2.05) is 0 Å². The number of nitrogens with one attached hydrogen (secondary N) is 1. The molecule has 114 valence electrons. The third kappa shape index (κ3) is 5.78. The first kappa shape index (κ1) is 17.4. The van der Waals surface area contributed by atoms with Gasteiger partial charge in [-0.3, -0.25) is 0 Å². The zero-order valence-corrected chi connectivity index (χ0v) is 13.5. The van der Waals surface area contributed by atoms with Crippen LogP contribution >= 0.6 is 11.6 Å². The lowest BCUT2D eigenvalue weighted by molar-refractivity contribution is 0.290. The van der Waals surface area contributed by atoms with Crippen molar-refractivity contribution in [3.63, 3.8) is 0 Å². The van der Waals surface area contributed by atoms with Gasteiger partial charge in [0.25, 0.3) is 0 Å². The van der Waals surface area contributed by atoms with E-state index < -0.39 is 0 Å². The fourth-order valence-electron chi connectivity index (χ4n) is 2.24. The largest absolute Gasteiger partial charge is 0.310 e. The first-order valence-corrected chi connectivity index (χ1v) is 7.84. The van der Waals surface area contributed by atoms with Gasteiger partial charge in [-0.1, -0.05) is 31.5 Å². The van der Waals surface area contributed by atoms with E-state index in [0.29, 0.717) is 23.2 Å². The zero-order valence-electron chi connectivity index (χ0n) is 12.8. The zero-order chi connectivity index (χ0) is 15.0. The predicted octanol–water partition coefficient (Wildman–Crippen LogP) is 4.08. The molecule has 1 aromatic rings. The van der Waals surface area contributed by atoms with E-state index in [-0.39, 0.29) is 5.82 Å². The van der Waals surface area contributed by atoms with Crippen molar-refractivity contribution in [2.24, 2.45) is 0 Å². The Morgan fingerprint density at radius 1 is 1.30 bits per heavy atom. The van der Waals surface area contributed by atoms with Crippen LogP contribution < -0.4 is 5.32 Å². The Bertz CT molecular complexity index is 374. The molecule has 4 heteroatoms. The van der Waals surface area contributed by atoms with Gasteiger partial charge in [0.2, 0.25) is 0 Å². The summed E-state index contributed by atoms with van der Waals surface area (Å²) in [5.74, 6) is -0.236. The summed E-state index contributed by atoms with van der Waals surface area (Å²) < 4.78 is 13.6. The smallest absolute Gasteiger partial charge is 0.129 e. The molecule has 0 aliphatic carbocycles. The lowest BCUT2D eigenvalue weighted by Gasteiger charge is -2.20. The highest BCUT2D eigenvalue weighted by Gasteiger charge is 2.09. The van der Waals surface area contributed by atoms with Gasteiger partial charge in [0.1, 0.15) is 5.82 Å². The molecule has 0 bridgehead atoms. The highest BCUT2D eigenvalue weighted by Crippen LogP contribution is 2.18. The molecule has 0 radical (unpaired) electrons. The van der Waals surface area contributed by atoms with E-state index in [2.05, 4.69) is 31.0 Å². The molecule has 1 unspecified atom stereocenters. The van der Waals surface area contributed by atoms with E-state index >= 15 is 0 Å². The highest BCUT2D eigenvalue weighted by molar-refractivity contribution is 6.31. The standard InChI is InChI=1S/C16H26ClFN2/c1-4-20(5-2)11-7-8-13(3)19-12-14-15(17)9-6-10-16(14)18/h6,9-10,13,19H,4-5,7-8,11-12H2,1-3H3. The summed E-state index contributed by atoms with van der Waals surface area (Å²) in [6.45, 7) is 10.3. The van der Waals surface area contributed by atoms with Gasteiger partial charge in [-0.25, -0.2) is 4.39 Å². The fourth-order valence-corrected chi connectivity index (χ4v) is 2.47. The molecule has 0 saturated heterocycles. The third-order valence-corrected chi connectivity index (χ3v) is 4.05. The van der Waals surface area contributed by atoms with Crippen molar-refractivity contribution in [3.8, 4) is 0 Å². The molecule has 0 saturated carbocycles. The molecule has 0 aliphatic heterocycles. The van der Waals surface area contributed by atoms with Crippen molar-refractivity contribution in [1.29, 1.82) is 0 Å². The van der Waals surface area contributed by atoms with Gasteiger partial charge in [-0.2, -0.15) is 0 Å². The van der Waals surface area contributed by atoms with Crippen LogP contribution in [0.5, 0.6) is 0 Å². The summed E-state index contributed by atoms with van der Waals surface area (Å²) in [6, 6.07) is 5.18. The van der Waals surface area contributed by atoms with Crippen LogP contribution in [0, 0.1) is 5.82 Å². The van der Waals surface area contributed by atoms with Gasteiger partial charge >= 0.3 is 0 Å². The fraction of sp³-hybridized carbons (Fsp3) is 0.625. The molecule has 0 aromatic heterocycles. The Morgan fingerprint density at radius 3 is 2.60 bits per heavy atom. The van der Waals surface area contributed by atoms with Crippen LogP contribution in [-0.4, -0.2) is 30.6 Å². The molecule has 20 heavy (non-hydrogen) atoms. The van der Waals surface area contributed by atoms with Crippen molar-refractivity contribution in [2.45, 2.75) is 46.2 Å². The molecule has 0 aliphatic rings. The Kier molecular flexibility index (Phi) is 8.12. The molecule has 0 spiro atoms. The normalized spacial score (nSPS) is 12.9. The Balaban J connectivity index is 2.31. The topological polar surface area (TPSA) is 15.3 Å². The second-order valence-corrected chi connectivity index (χ2v) is 5.56. The second-order valence-electron chi connectivity index (χ2n) is 5.15. The van der Waals surface area contributed by atoms with Gasteiger partial charge in [-0.05, 0) is 51.5 Å². The van der Waals surface area contributed by atoms with Crippen LogP contribution in [0.3, 0.4) is 0 Å². The summed E-state index contributed by atoms with van der Waals surface area (Å²) in [5, 5.41) is 3.84. The molecule has 2 nitrogen and oxygen atoms in total. The molecule has 1 aromatic carbocycles. The Morgan fingerprint density at radius 2 is 2.00 bits per heavy atom. The quantitative estimate of drug-likeness (QED) is 0.739. The van der Waals surface area contributed by atoms with E-state index in [0.717, 1.165) is 32.5 Å². The number of nitrogens with zero attached hydrogens (tertiary/aromatic N) is 1. The van der Waals surface area contributed by atoms with Gasteiger partial charge in [0.05, 0.1) is 0 Å². The maximum absolute atomic E-state index is 13.6. The molecule has 0 fully saturated rings. The van der Waals surface area contributed by atoms with Gasteiger partial charge in [0, 0.05) is 23.2 Å². The maximum atomic E-state index is 13.6. The predicted molar refractivity (Wildman–Crippen MR) is 84.7 cm³/mol. The van der Waals surface area contributed by atoms with Crippen molar-refractivity contribution < 1.29 is 4.39 Å². The second kappa shape index (κ2) is 9.32. The van der Waals surface area contributed by atoms with Crippen LogP contribution in [-0.2, 0) is 6.54 Å². The number of hydrogen-bond acceptors (Lipinski definition) is 2. The van der Waals surface area contributed by atoms with E-state index in [9.17, 15) is 4.39 Å². The molecule has 1 N–H and O–H groups in total. The van der Waals surface area contributed by atoms with Crippen molar-refractivity contribution in [3.05, 3.63) is 34.6 Å². The summed E-state index contributed by atoms with van der Waals surface area (Å²) in [4.78, 5) is 2.42. The van der Waals surface area contributed by atoms with Crippen molar-refractivity contribution in [2.75, 3.05) is 19.6 Å². The summed E-state index contributed by atoms with van der Waals surface area (Å²) in [5.41, 5.74) is 0.560. The SMILES string of the molecule is CCN(CC)CCCC(C)NCc1c(F)cccc1Cl. The first-order chi connectivity index (χ1) is 9.58. The summed E-state index contributed by atoms with van der Waals surface area (Å²) in [7, 11) is 0. The van der Waals surface area contributed by atoms with Gasteiger partial charge in [0.15, 0.2) is 0 Å². The highest BCUT2D eigenvalue weighted by atomic mass is 35.5. The lowest BCUT2D eigenvalue weighted by Crippen LogP contribution is -2.29. The van der Waals surface area contributed by atoms with Crippen LogP contribution in [0.2, 0.25) is 5.02 Å². The summed E-state index contributed by atoms with van der Waals surface area (Å²) in [6.07, 6.45) is 2.24. The molecular formula is C16H26ClFN2. The molecule has 1 atom stereocenters. The monoisotopic (exact) mass is 300 g/mol. The van der Waals surface area contributed by atoms with Gasteiger partial charge in [-0.15, -0.1) is 0 Å². The van der Waals surface area contributed by atoms with E-state index in [1.165, 1.54) is 6.07 Å².